The number of nitrogens with zero attached hydrogens (tertiary/aromatic N) is 1. The lowest BCUT2D eigenvalue weighted by atomic mass is 9.41. The van der Waals surface area contributed by atoms with Gasteiger partial charge in [0.15, 0.2) is 0 Å². The summed E-state index contributed by atoms with van der Waals surface area (Å²) >= 11 is 6.06. The molecule has 1 saturated heterocycles. The molecule has 9 heteroatoms. The van der Waals surface area contributed by atoms with Crippen molar-refractivity contribution in [1.29, 1.82) is 0 Å². The van der Waals surface area contributed by atoms with E-state index in [1.165, 1.54) is 25.7 Å². The maximum absolute atomic E-state index is 13.4. The number of fused-ring (bicyclic) bond motifs is 5. The molecule has 5 aliphatic rings. The predicted molar refractivity (Wildman–Crippen MR) is 163 cm³/mol. The fraction of sp³-hybridized carbons (Fsp3) is 0.848. The van der Waals surface area contributed by atoms with Crippen LogP contribution in [0.15, 0.2) is 18.3 Å². The molecule has 42 heavy (non-hydrogen) atoms. The van der Waals surface area contributed by atoms with Gasteiger partial charge in [-0.1, -0.05) is 45.7 Å². The van der Waals surface area contributed by atoms with Crippen molar-refractivity contribution in [2.75, 3.05) is 13.2 Å². The second-order valence-corrected chi connectivity index (χ2v) is 16.8. The van der Waals surface area contributed by atoms with E-state index in [0.29, 0.717) is 60.3 Å². The van der Waals surface area contributed by atoms with Crippen LogP contribution in [-0.4, -0.2) is 40.6 Å². The third-order valence-corrected chi connectivity index (χ3v) is 14.7. The van der Waals surface area contributed by atoms with E-state index in [4.69, 9.17) is 25.2 Å². The SMILES string of the molecule is CC[C@@H]1C2C[C@H](O)CC[C@]2(C)C2CC[C@@]3(C)C(CCC3[C@H](C)CCO[P@@]3(=O)OCC[C@@H](c4ccnc(Cl)c4)O3)C2[C@@H]1O. The molecule has 2 heterocycles. The molecule has 4 aliphatic carbocycles. The van der Waals surface area contributed by atoms with Crippen LogP contribution in [0.2, 0.25) is 5.15 Å². The standard InChI is InChI=1S/C33H51ClNO6P/c1-5-23-27-19-22(36)8-13-33(27,4)26-9-14-32(3)24(6-7-25(32)30(26)31(23)37)20(2)11-16-39-42(38)40-17-12-28(41-42)21-10-15-35-29(34)18-21/h10,15,18,20,22-28,30-31,36-37H,5-9,11-14,16-17,19H2,1-4H3/t20-,22-,23-,24?,25?,26?,27?,28+,30?,31-,32-,33-,42+/m1/s1. The molecule has 236 valence electrons. The second kappa shape index (κ2) is 12.0. The van der Waals surface area contributed by atoms with Crippen LogP contribution in [0.4, 0.5) is 0 Å². The lowest BCUT2D eigenvalue weighted by Crippen LogP contribution is -2.62. The lowest BCUT2D eigenvalue weighted by molar-refractivity contribution is -0.203. The van der Waals surface area contributed by atoms with Gasteiger partial charge in [-0.25, -0.2) is 9.55 Å². The summed E-state index contributed by atoms with van der Waals surface area (Å²) in [6.07, 6.45) is 10.7. The highest BCUT2D eigenvalue weighted by molar-refractivity contribution is 7.48. The monoisotopic (exact) mass is 623 g/mol. The maximum atomic E-state index is 13.4. The van der Waals surface area contributed by atoms with Crippen LogP contribution in [0.3, 0.4) is 0 Å². The Labute approximate surface area is 257 Å². The summed E-state index contributed by atoms with van der Waals surface area (Å²) in [6.45, 7) is 10.2. The van der Waals surface area contributed by atoms with Crippen molar-refractivity contribution in [3.8, 4) is 0 Å². The third-order valence-electron chi connectivity index (χ3n) is 13.0. The molecule has 4 saturated carbocycles. The van der Waals surface area contributed by atoms with Gasteiger partial charge in [0, 0.05) is 12.6 Å². The number of aromatic nitrogens is 1. The summed E-state index contributed by atoms with van der Waals surface area (Å²) < 4.78 is 30.6. The Bertz CT molecular complexity index is 1170. The number of phosphoric ester groups is 1. The van der Waals surface area contributed by atoms with Crippen LogP contribution >= 0.6 is 19.4 Å². The smallest absolute Gasteiger partial charge is 0.393 e. The molecule has 1 aliphatic heterocycles. The zero-order valence-corrected chi connectivity index (χ0v) is 27.4. The lowest BCUT2D eigenvalue weighted by Gasteiger charge is -2.64. The van der Waals surface area contributed by atoms with Crippen molar-refractivity contribution in [2.24, 2.45) is 52.3 Å². The van der Waals surface area contributed by atoms with Crippen LogP contribution in [0.1, 0.15) is 104 Å². The first-order valence-corrected chi connectivity index (χ1v) is 18.4. The number of hydrogen-bond acceptors (Lipinski definition) is 7. The summed E-state index contributed by atoms with van der Waals surface area (Å²) in [5, 5.41) is 22.9. The molecule has 0 amide bonds. The first-order valence-electron chi connectivity index (χ1n) is 16.5. The molecule has 0 spiro atoms. The minimum Gasteiger partial charge on any atom is -0.393 e. The van der Waals surface area contributed by atoms with Crippen LogP contribution < -0.4 is 0 Å². The van der Waals surface area contributed by atoms with E-state index >= 15 is 0 Å². The Hall–Kier alpha value is -0.530. The van der Waals surface area contributed by atoms with Gasteiger partial charge >= 0.3 is 7.82 Å². The summed E-state index contributed by atoms with van der Waals surface area (Å²) in [6, 6.07) is 3.56. The summed E-state index contributed by atoms with van der Waals surface area (Å²) in [5.41, 5.74) is 1.23. The summed E-state index contributed by atoms with van der Waals surface area (Å²) in [5.74, 6) is 3.04. The number of hydrogen-bond donors (Lipinski definition) is 2. The quantitative estimate of drug-likeness (QED) is 0.235. The molecule has 7 nitrogen and oxygen atoms in total. The summed E-state index contributed by atoms with van der Waals surface area (Å²) in [4.78, 5) is 4.03. The van der Waals surface area contributed by atoms with Gasteiger partial charge in [-0.3, -0.25) is 13.6 Å². The molecular formula is C33H51ClNO6P. The van der Waals surface area contributed by atoms with E-state index in [2.05, 4.69) is 32.7 Å². The number of pyridine rings is 1. The van der Waals surface area contributed by atoms with Gasteiger partial charge in [-0.2, -0.15) is 0 Å². The summed E-state index contributed by atoms with van der Waals surface area (Å²) in [7, 11) is -3.66. The highest BCUT2D eigenvalue weighted by Crippen LogP contribution is 2.69. The largest absolute Gasteiger partial charge is 0.475 e. The Kier molecular flexibility index (Phi) is 8.99. The highest BCUT2D eigenvalue weighted by atomic mass is 35.5. The van der Waals surface area contributed by atoms with Gasteiger partial charge in [0.1, 0.15) is 5.15 Å². The van der Waals surface area contributed by atoms with Crippen molar-refractivity contribution in [3.63, 3.8) is 0 Å². The van der Waals surface area contributed by atoms with Crippen molar-refractivity contribution in [2.45, 2.75) is 110 Å². The molecular weight excluding hydrogens is 573 g/mol. The van der Waals surface area contributed by atoms with Crippen molar-refractivity contribution in [3.05, 3.63) is 29.0 Å². The molecule has 5 unspecified atom stereocenters. The fourth-order valence-electron chi connectivity index (χ4n) is 10.9. The normalized spacial score (nSPS) is 47.7. The number of rotatable bonds is 7. The molecule has 1 aromatic rings. The van der Waals surface area contributed by atoms with E-state index in [1.54, 1.807) is 12.3 Å². The van der Waals surface area contributed by atoms with Gasteiger partial charge in [0.2, 0.25) is 0 Å². The van der Waals surface area contributed by atoms with Gasteiger partial charge in [0.25, 0.3) is 0 Å². The molecule has 0 aromatic carbocycles. The van der Waals surface area contributed by atoms with Crippen LogP contribution in [0, 0.1) is 52.3 Å². The molecule has 6 rings (SSSR count). The Morgan fingerprint density at radius 2 is 1.88 bits per heavy atom. The van der Waals surface area contributed by atoms with Crippen molar-refractivity contribution in [1.82, 2.24) is 4.98 Å². The second-order valence-electron chi connectivity index (χ2n) is 14.8. The Morgan fingerprint density at radius 3 is 2.64 bits per heavy atom. The fourth-order valence-corrected chi connectivity index (χ4v) is 12.5. The maximum Gasteiger partial charge on any atom is 0.475 e. The molecule has 13 atom stereocenters. The average molecular weight is 624 g/mol. The number of halogens is 1. The zero-order valence-electron chi connectivity index (χ0n) is 25.8. The van der Waals surface area contributed by atoms with E-state index in [-0.39, 0.29) is 29.0 Å². The van der Waals surface area contributed by atoms with Gasteiger partial charge < -0.3 is 10.2 Å². The number of aliphatic hydroxyl groups is 2. The topological polar surface area (TPSA) is 98.1 Å². The first kappa shape index (κ1) is 31.5. The Morgan fingerprint density at radius 1 is 1.12 bits per heavy atom. The Balaban J connectivity index is 1.10. The van der Waals surface area contributed by atoms with Gasteiger partial charge in [-0.05, 0) is 121 Å². The molecule has 0 radical (unpaired) electrons. The van der Waals surface area contributed by atoms with E-state index in [1.807, 2.05) is 6.07 Å². The van der Waals surface area contributed by atoms with Crippen LogP contribution in [-0.2, 0) is 18.1 Å². The molecule has 2 N–H and O–H groups in total. The molecule has 1 aromatic heterocycles. The van der Waals surface area contributed by atoms with Crippen LogP contribution in [0.25, 0.3) is 0 Å². The highest BCUT2D eigenvalue weighted by Gasteiger charge is 2.64. The minimum atomic E-state index is -3.66. The van der Waals surface area contributed by atoms with E-state index < -0.39 is 13.9 Å². The predicted octanol–water partition coefficient (Wildman–Crippen LogP) is 7.99. The van der Waals surface area contributed by atoms with Gasteiger partial charge in [-0.15, -0.1) is 0 Å². The minimum absolute atomic E-state index is 0.186. The zero-order chi connectivity index (χ0) is 29.9. The average Bonchev–Trinajstić information content (AvgIpc) is 3.31. The van der Waals surface area contributed by atoms with E-state index in [9.17, 15) is 14.8 Å². The van der Waals surface area contributed by atoms with Crippen molar-refractivity contribution < 1.29 is 28.3 Å². The van der Waals surface area contributed by atoms with Crippen molar-refractivity contribution >= 4 is 19.4 Å². The van der Waals surface area contributed by atoms with Gasteiger partial charge in [0.05, 0.1) is 31.5 Å². The molecule has 0 bridgehead atoms. The third kappa shape index (κ3) is 5.46. The number of phosphoric acid groups is 1. The number of aliphatic hydroxyl groups excluding tert-OH is 2. The first-order chi connectivity index (χ1) is 20.0. The van der Waals surface area contributed by atoms with E-state index in [0.717, 1.165) is 37.7 Å². The molecule has 5 fully saturated rings. The van der Waals surface area contributed by atoms with Crippen LogP contribution in [0.5, 0.6) is 0 Å².